The average molecular weight is 436 g/mol. The quantitative estimate of drug-likeness (QED) is 0.365. The second-order valence-corrected chi connectivity index (χ2v) is 7.04. The van der Waals surface area contributed by atoms with Crippen molar-refractivity contribution in [1.82, 2.24) is 5.32 Å². The number of hydrogen-bond acceptors (Lipinski definition) is 5. The first-order valence-corrected chi connectivity index (χ1v) is 9.74. The first kappa shape index (κ1) is 22.4. The number of amides is 2. The number of halogens is 1. The molecular formula is C23H21FN4O4. The maximum absolute atomic E-state index is 13.4. The smallest absolute Gasteiger partial charge is 0.306 e. The van der Waals surface area contributed by atoms with E-state index >= 15 is 0 Å². The van der Waals surface area contributed by atoms with E-state index in [4.69, 9.17) is 0 Å². The zero-order valence-corrected chi connectivity index (χ0v) is 17.2. The molecule has 3 aromatic rings. The van der Waals surface area contributed by atoms with Crippen molar-refractivity contribution in [1.29, 1.82) is 0 Å². The molecule has 0 aliphatic heterocycles. The molecule has 0 saturated heterocycles. The Balaban J connectivity index is 1.61. The Morgan fingerprint density at radius 2 is 1.75 bits per heavy atom. The van der Waals surface area contributed by atoms with Crippen molar-refractivity contribution < 1.29 is 18.9 Å². The molecule has 0 spiro atoms. The van der Waals surface area contributed by atoms with E-state index < -0.39 is 22.3 Å². The summed E-state index contributed by atoms with van der Waals surface area (Å²) in [4.78, 5) is 35.0. The number of benzene rings is 3. The Bertz CT molecular complexity index is 1150. The number of hydrogen-bond donors (Lipinski definition) is 3. The minimum Gasteiger partial charge on any atom is -0.376 e. The van der Waals surface area contributed by atoms with E-state index in [0.717, 1.165) is 23.3 Å². The number of carbonyl (C=O) groups excluding carboxylic acids is 2. The van der Waals surface area contributed by atoms with Gasteiger partial charge in [-0.1, -0.05) is 42.0 Å². The molecule has 0 heterocycles. The second kappa shape index (κ2) is 10.2. The number of aryl methyl sites for hydroxylation is 1. The van der Waals surface area contributed by atoms with Crippen molar-refractivity contribution in [3.63, 3.8) is 0 Å². The Labute approximate surface area is 183 Å². The van der Waals surface area contributed by atoms with E-state index in [1.807, 2.05) is 31.2 Å². The van der Waals surface area contributed by atoms with Crippen molar-refractivity contribution in [3.8, 4) is 0 Å². The molecule has 0 saturated carbocycles. The maximum atomic E-state index is 13.4. The zero-order chi connectivity index (χ0) is 23.1. The fourth-order valence-electron chi connectivity index (χ4n) is 2.91. The van der Waals surface area contributed by atoms with Gasteiger partial charge in [-0.15, -0.1) is 0 Å². The zero-order valence-electron chi connectivity index (χ0n) is 17.2. The molecule has 0 radical (unpaired) electrons. The van der Waals surface area contributed by atoms with Crippen LogP contribution in [-0.4, -0.2) is 23.3 Å². The van der Waals surface area contributed by atoms with Crippen LogP contribution in [0.1, 0.15) is 21.5 Å². The molecule has 0 aromatic heterocycles. The van der Waals surface area contributed by atoms with E-state index in [1.165, 1.54) is 6.07 Å². The van der Waals surface area contributed by atoms with Gasteiger partial charge in [0.2, 0.25) is 11.7 Å². The van der Waals surface area contributed by atoms with E-state index in [2.05, 4.69) is 16.0 Å². The number of carbonyl (C=O) groups is 2. The van der Waals surface area contributed by atoms with Gasteiger partial charge in [0.25, 0.3) is 5.91 Å². The van der Waals surface area contributed by atoms with Crippen LogP contribution in [0.25, 0.3) is 0 Å². The largest absolute Gasteiger partial charge is 0.376 e. The maximum Gasteiger partial charge on any atom is 0.306 e. The van der Waals surface area contributed by atoms with Gasteiger partial charge in [-0.2, -0.15) is 4.39 Å². The van der Waals surface area contributed by atoms with Gasteiger partial charge >= 0.3 is 5.69 Å². The van der Waals surface area contributed by atoms with Gasteiger partial charge in [0.1, 0.15) is 0 Å². The molecule has 0 aliphatic carbocycles. The lowest BCUT2D eigenvalue weighted by Crippen LogP contribution is -2.26. The first-order chi connectivity index (χ1) is 15.3. The summed E-state index contributed by atoms with van der Waals surface area (Å²) in [6.07, 6.45) is 0. The van der Waals surface area contributed by atoms with E-state index in [0.29, 0.717) is 17.8 Å². The molecule has 0 fully saturated rings. The van der Waals surface area contributed by atoms with Gasteiger partial charge in [0.05, 0.1) is 22.7 Å². The fraction of sp³-hybridized carbons (Fsp3) is 0.130. The molecule has 3 aromatic carbocycles. The average Bonchev–Trinajstić information content (AvgIpc) is 2.78. The number of para-hydroxylation sites is 1. The SMILES string of the molecule is Cc1ccc(CNC(=O)c2ccccc2NC(=O)CNc2ccc(F)c([N+](=O)[O-])c2)cc1. The van der Waals surface area contributed by atoms with Gasteiger partial charge in [-0.25, -0.2) is 0 Å². The van der Waals surface area contributed by atoms with E-state index in [9.17, 15) is 24.1 Å². The van der Waals surface area contributed by atoms with Crippen molar-refractivity contribution in [2.24, 2.45) is 0 Å². The molecule has 0 bridgehead atoms. The van der Waals surface area contributed by atoms with Crippen LogP contribution in [0, 0.1) is 22.9 Å². The number of anilines is 2. The molecule has 3 N–H and O–H groups in total. The van der Waals surface area contributed by atoms with E-state index in [1.54, 1.807) is 24.3 Å². The molecule has 8 nitrogen and oxygen atoms in total. The van der Waals surface area contributed by atoms with Crippen LogP contribution in [0.15, 0.2) is 66.7 Å². The second-order valence-electron chi connectivity index (χ2n) is 7.04. The highest BCUT2D eigenvalue weighted by Crippen LogP contribution is 2.21. The van der Waals surface area contributed by atoms with Gasteiger partial charge < -0.3 is 16.0 Å². The van der Waals surface area contributed by atoms with Crippen LogP contribution in [0.4, 0.5) is 21.5 Å². The molecule has 2 amide bonds. The Morgan fingerprint density at radius 3 is 2.47 bits per heavy atom. The van der Waals surface area contributed by atoms with Crippen molar-refractivity contribution >= 4 is 28.9 Å². The van der Waals surface area contributed by atoms with Gasteiger partial charge in [0, 0.05) is 18.3 Å². The third-order valence-electron chi connectivity index (χ3n) is 4.62. The molecule has 0 unspecified atom stereocenters. The molecule has 9 heteroatoms. The van der Waals surface area contributed by atoms with Crippen molar-refractivity contribution in [2.75, 3.05) is 17.2 Å². The standard InChI is InChI=1S/C23H21FN4O4/c1-15-6-8-16(9-7-15)13-26-23(30)18-4-2-3-5-20(18)27-22(29)14-25-17-10-11-19(24)21(12-17)28(31)32/h2-12,25H,13-14H2,1H3,(H,26,30)(H,27,29). The molecule has 164 valence electrons. The fourth-order valence-corrected chi connectivity index (χ4v) is 2.91. The topological polar surface area (TPSA) is 113 Å². The van der Waals surface area contributed by atoms with Gasteiger partial charge in [0.15, 0.2) is 0 Å². The minimum absolute atomic E-state index is 0.220. The lowest BCUT2D eigenvalue weighted by Gasteiger charge is -2.12. The van der Waals surface area contributed by atoms with Gasteiger partial charge in [-0.05, 0) is 36.8 Å². The Morgan fingerprint density at radius 1 is 1.03 bits per heavy atom. The number of nitrogens with one attached hydrogen (secondary N) is 3. The van der Waals surface area contributed by atoms with E-state index in [-0.39, 0.29) is 18.1 Å². The monoisotopic (exact) mass is 436 g/mol. The summed E-state index contributed by atoms with van der Waals surface area (Å²) in [5, 5.41) is 19.0. The summed E-state index contributed by atoms with van der Waals surface area (Å²) in [6, 6.07) is 17.6. The van der Waals surface area contributed by atoms with Gasteiger partial charge in [-0.3, -0.25) is 19.7 Å². The molecule has 0 atom stereocenters. The Hall–Kier alpha value is -4.27. The number of nitrogens with zero attached hydrogens (tertiary/aromatic N) is 1. The number of nitro groups is 1. The molecule has 32 heavy (non-hydrogen) atoms. The third kappa shape index (κ3) is 5.88. The van der Waals surface area contributed by atoms with Crippen LogP contribution in [0.3, 0.4) is 0 Å². The first-order valence-electron chi connectivity index (χ1n) is 9.74. The predicted octanol–water partition coefficient (Wildman–Crippen LogP) is 4.02. The number of nitro benzene ring substituents is 1. The normalized spacial score (nSPS) is 10.3. The van der Waals surface area contributed by atoms with Crippen molar-refractivity contribution in [3.05, 3.63) is 99.4 Å². The predicted molar refractivity (Wildman–Crippen MR) is 119 cm³/mol. The molecule has 3 rings (SSSR count). The van der Waals surface area contributed by atoms with Crippen LogP contribution >= 0.6 is 0 Å². The lowest BCUT2D eigenvalue weighted by atomic mass is 10.1. The summed E-state index contributed by atoms with van der Waals surface area (Å²) in [5.74, 6) is -1.78. The highest BCUT2D eigenvalue weighted by Gasteiger charge is 2.16. The highest BCUT2D eigenvalue weighted by molar-refractivity contribution is 6.04. The lowest BCUT2D eigenvalue weighted by molar-refractivity contribution is -0.387. The van der Waals surface area contributed by atoms with Crippen LogP contribution < -0.4 is 16.0 Å². The summed E-state index contributed by atoms with van der Waals surface area (Å²) < 4.78 is 13.4. The van der Waals surface area contributed by atoms with Crippen LogP contribution in [-0.2, 0) is 11.3 Å². The minimum atomic E-state index is -0.962. The molecule has 0 aliphatic rings. The van der Waals surface area contributed by atoms with Crippen LogP contribution in [0.2, 0.25) is 0 Å². The molecular weight excluding hydrogens is 415 g/mol. The highest BCUT2D eigenvalue weighted by atomic mass is 19.1. The summed E-state index contributed by atoms with van der Waals surface area (Å²) in [7, 11) is 0. The van der Waals surface area contributed by atoms with Crippen LogP contribution in [0.5, 0.6) is 0 Å². The summed E-state index contributed by atoms with van der Waals surface area (Å²) in [6.45, 7) is 2.09. The third-order valence-corrected chi connectivity index (χ3v) is 4.62. The summed E-state index contributed by atoms with van der Waals surface area (Å²) >= 11 is 0. The summed E-state index contributed by atoms with van der Waals surface area (Å²) in [5.41, 5.74) is 2.22. The Kier molecular flexibility index (Phi) is 7.12. The number of rotatable bonds is 8. The van der Waals surface area contributed by atoms with Crippen molar-refractivity contribution in [2.45, 2.75) is 13.5 Å².